The Kier molecular flexibility index (Phi) is 7.25. The second kappa shape index (κ2) is 12.3. The van der Waals surface area contributed by atoms with Gasteiger partial charge in [0.15, 0.2) is 11.4 Å². The molecule has 8 aromatic rings. The molecule has 1 aliphatic rings. The number of benzene rings is 6. The SMILES string of the molecule is C1=CC(c2ccc3nc(-c4ccccc4)oc3c2)Cc2ccc(-c3cc(-c4ccc(-c5ccccc5)cc4)nc(-c4ccccc4)n3)cc21. The molecule has 6 aromatic carbocycles. The number of hydrogen-bond acceptors (Lipinski definition) is 4. The van der Waals surface area contributed by atoms with Crippen molar-refractivity contribution in [3.63, 3.8) is 0 Å². The van der Waals surface area contributed by atoms with Crippen LogP contribution in [0.3, 0.4) is 0 Å². The van der Waals surface area contributed by atoms with Crippen molar-refractivity contribution in [2.45, 2.75) is 12.3 Å². The molecule has 0 saturated carbocycles. The van der Waals surface area contributed by atoms with Crippen molar-refractivity contribution in [2.24, 2.45) is 0 Å². The Labute approximate surface area is 285 Å². The maximum atomic E-state index is 6.18. The van der Waals surface area contributed by atoms with Crippen LogP contribution in [0, 0.1) is 0 Å². The fourth-order valence-electron chi connectivity index (χ4n) is 6.65. The van der Waals surface area contributed by atoms with E-state index in [1.807, 2.05) is 54.6 Å². The molecule has 0 N–H and O–H groups in total. The molecular weight excluding hydrogens is 599 g/mol. The van der Waals surface area contributed by atoms with Crippen molar-refractivity contribution < 1.29 is 4.42 Å². The van der Waals surface area contributed by atoms with E-state index in [1.54, 1.807) is 0 Å². The van der Waals surface area contributed by atoms with Crippen LogP contribution >= 0.6 is 0 Å². The lowest BCUT2D eigenvalue weighted by molar-refractivity contribution is 0.619. The second-order valence-electron chi connectivity index (χ2n) is 12.5. The summed E-state index contributed by atoms with van der Waals surface area (Å²) in [5.74, 6) is 1.62. The lowest BCUT2D eigenvalue weighted by Crippen LogP contribution is -2.06. The standard InChI is InChI=1S/C45H31N3O/c1-4-10-30(11-5-1)31-16-18-32(19-17-31)41-29-42(47-44(46-41)33-12-6-2-7-13-33)39-23-22-35-26-36(20-21-37(35)27-39)38-24-25-40-43(28-38)49-45(48-40)34-14-8-3-9-15-34/h1-25,27-29,36H,26H2. The maximum Gasteiger partial charge on any atom is 0.227 e. The third-order valence-electron chi connectivity index (χ3n) is 9.30. The van der Waals surface area contributed by atoms with Crippen LogP contribution in [0.5, 0.6) is 0 Å². The molecule has 0 amide bonds. The quantitative estimate of drug-likeness (QED) is 0.184. The van der Waals surface area contributed by atoms with E-state index >= 15 is 0 Å². The number of allylic oxidation sites excluding steroid dienone is 1. The van der Waals surface area contributed by atoms with E-state index in [1.165, 1.54) is 27.8 Å². The Morgan fingerprint density at radius 2 is 1.10 bits per heavy atom. The van der Waals surface area contributed by atoms with Gasteiger partial charge in [-0.2, -0.15) is 0 Å². The number of oxazole rings is 1. The molecule has 1 aliphatic carbocycles. The summed E-state index contributed by atoms with van der Waals surface area (Å²) in [6, 6.07) is 54.5. The van der Waals surface area contributed by atoms with Gasteiger partial charge < -0.3 is 4.42 Å². The molecule has 4 nitrogen and oxygen atoms in total. The van der Waals surface area contributed by atoms with Crippen LogP contribution in [0.1, 0.15) is 22.6 Å². The largest absolute Gasteiger partial charge is 0.436 e. The molecule has 49 heavy (non-hydrogen) atoms. The van der Waals surface area contributed by atoms with Gasteiger partial charge in [-0.1, -0.05) is 133 Å². The minimum absolute atomic E-state index is 0.252. The first kappa shape index (κ1) is 28.8. The van der Waals surface area contributed by atoms with Crippen LogP contribution in [0.2, 0.25) is 0 Å². The highest BCUT2D eigenvalue weighted by Gasteiger charge is 2.19. The minimum atomic E-state index is 0.252. The summed E-state index contributed by atoms with van der Waals surface area (Å²) in [6.07, 6.45) is 5.46. The van der Waals surface area contributed by atoms with Gasteiger partial charge in [-0.15, -0.1) is 0 Å². The van der Waals surface area contributed by atoms with Crippen LogP contribution in [-0.4, -0.2) is 15.0 Å². The molecule has 0 bridgehead atoms. The van der Waals surface area contributed by atoms with Crippen LogP contribution < -0.4 is 0 Å². The van der Waals surface area contributed by atoms with Gasteiger partial charge in [0.1, 0.15) is 5.52 Å². The van der Waals surface area contributed by atoms with Gasteiger partial charge in [-0.3, -0.25) is 0 Å². The van der Waals surface area contributed by atoms with Crippen LogP contribution in [0.4, 0.5) is 0 Å². The highest BCUT2D eigenvalue weighted by Crippen LogP contribution is 2.36. The van der Waals surface area contributed by atoms with E-state index in [9.17, 15) is 0 Å². The molecule has 1 unspecified atom stereocenters. The highest BCUT2D eigenvalue weighted by atomic mass is 16.3. The van der Waals surface area contributed by atoms with Crippen LogP contribution in [-0.2, 0) is 6.42 Å². The number of rotatable bonds is 6. The number of hydrogen-bond donors (Lipinski definition) is 0. The highest BCUT2D eigenvalue weighted by molar-refractivity contribution is 5.78. The zero-order chi connectivity index (χ0) is 32.6. The topological polar surface area (TPSA) is 51.8 Å². The summed E-state index contributed by atoms with van der Waals surface area (Å²) in [6.45, 7) is 0. The second-order valence-corrected chi connectivity index (χ2v) is 12.5. The smallest absolute Gasteiger partial charge is 0.227 e. The van der Waals surface area contributed by atoms with Crippen molar-refractivity contribution in [1.82, 2.24) is 15.0 Å². The van der Waals surface area contributed by atoms with E-state index in [2.05, 4.69) is 115 Å². The summed E-state index contributed by atoms with van der Waals surface area (Å²) in [5.41, 5.74) is 13.7. The average molecular weight is 630 g/mol. The van der Waals surface area contributed by atoms with Gasteiger partial charge in [0.05, 0.1) is 11.4 Å². The molecule has 4 heteroatoms. The van der Waals surface area contributed by atoms with Crippen molar-refractivity contribution in [1.29, 1.82) is 0 Å². The first-order chi connectivity index (χ1) is 24.2. The molecule has 0 radical (unpaired) electrons. The first-order valence-corrected chi connectivity index (χ1v) is 16.6. The molecule has 1 atom stereocenters. The van der Waals surface area contributed by atoms with Gasteiger partial charge in [-0.25, -0.2) is 15.0 Å². The summed E-state index contributed by atoms with van der Waals surface area (Å²) >= 11 is 0. The summed E-state index contributed by atoms with van der Waals surface area (Å²) in [4.78, 5) is 14.8. The van der Waals surface area contributed by atoms with Crippen LogP contribution in [0.25, 0.3) is 73.7 Å². The zero-order valence-corrected chi connectivity index (χ0v) is 26.7. The Hall–Kier alpha value is -6.39. The average Bonchev–Trinajstić information content (AvgIpc) is 3.62. The van der Waals surface area contributed by atoms with E-state index in [4.69, 9.17) is 19.4 Å². The predicted molar refractivity (Wildman–Crippen MR) is 199 cm³/mol. The molecule has 0 fully saturated rings. The third-order valence-corrected chi connectivity index (χ3v) is 9.30. The molecular formula is C45H31N3O. The van der Waals surface area contributed by atoms with Gasteiger partial charge in [0.2, 0.25) is 5.89 Å². The van der Waals surface area contributed by atoms with E-state index in [0.717, 1.165) is 51.2 Å². The Morgan fingerprint density at radius 3 is 1.84 bits per heavy atom. The minimum Gasteiger partial charge on any atom is -0.436 e. The number of fused-ring (bicyclic) bond motifs is 2. The zero-order valence-electron chi connectivity index (χ0n) is 26.7. The Balaban J connectivity index is 1.03. The summed E-state index contributed by atoms with van der Waals surface area (Å²) in [5, 5.41) is 0. The van der Waals surface area contributed by atoms with Gasteiger partial charge in [-0.05, 0) is 70.6 Å². The van der Waals surface area contributed by atoms with Crippen LogP contribution in [0.15, 0.2) is 168 Å². The monoisotopic (exact) mass is 629 g/mol. The number of nitrogens with zero attached hydrogens (tertiary/aromatic N) is 3. The molecule has 0 saturated heterocycles. The molecule has 2 aromatic heterocycles. The first-order valence-electron chi connectivity index (χ1n) is 16.6. The van der Waals surface area contributed by atoms with Crippen molar-refractivity contribution in [3.05, 3.63) is 180 Å². The predicted octanol–water partition coefficient (Wildman–Crippen LogP) is 11.3. The van der Waals surface area contributed by atoms with Gasteiger partial charge in [0, 0.05) is 28.2 Å². The Bertz CT molecular complexity index is 2450. The molecule has 0 spiro atoms. The molecule has 9 rings (SSSR count). The van der Waals surface area contributed by atoms with Gasteiger partial charge >= 0.3 is 0 Å². The third kappa shape index (κ3) is 5.74. The normalized spacial score (nSPS) is 13.8. The molecule has 2 heterocycles. The van der Waals surface area contributed by atoms with Gasteiger partial charge in [0.25, 0.3) is 0 Å². The van der Waals surface area contributed by atoms with Crippen molar-refractivity contribution in [3.8, 4) is 56.5 Å². The van der Waals surface area contributed by atoms with E-state index in [0.29, 0.717) is 11.7 Å². The fraction of sp³-hybridized carbons (Fsp3) is 0.0444. The molecule has 232 valence electrons. The summed E-state index contributed by atoms with van der Waals surface area (Å²) in [7, 11) is 0. The van der Waals surface area contributed by atoms with Crippen molar-refractivity contribution >= 4 is 17.2 Å². The Morgan fingerprint density at radius 1 is 0.490 bits per heavy atom. The lowest BCUT2D eigenvalue weighted by atomic mass is 9.84. The van der Waals surface area contributed by atoms with E-state index in [-0.39, 0.29) is 5.92 Å². The fourth-order valence-corrected chi connectivity index (χ4v) is 6.65. The lowest BCUT2D eigenvalue weighted by Gasteiger charge is -2.20. The number of aromatic nitrogens is 3. The molecule has 0 aliphatic heterocycles. The summed E-state index contributed by atoms with van der Waals surface area (Å²) < 4.78 is 6.18. The maximum absolute atomic E-state index is 6.18. The van der Waals surface area contributed by atoms with E-state index < -0.39 is 0 Å². The van der Waals surface area contributed by atoms with Crippen molar-refractivity contribution in [2.75, 3.05) is 0 Å².